The van der Waals surface area contributed by atoms with Crippen LogP contribution in [0.15, 0.2) is 30.3 Å². The maximum Gasteiger partial charge on any atom is 0.253 e. The smallest absolute Gasteiger partial charge is 0.253 e. The van der Waals surface area contributed by atoms with E-state index in [4.69, 9.17) is 34.8 Å². The van der Waals surface area contributed by atoms with E-state index in [9.17, 15) is 4.79 Å². The van der Waals surface area contributed by atoms with E-state index < -0.39 is 9.58 Å². The van der Waals surface area contributed by atoms with Crippen LogP contribution in [0.2, 0.25) is 0 Å². The molecule has 0 aliphatic carbocycles. The molecule has 64 valence electrons. The zero-order valence-corrected chi connectivity index (χ0v) is 8.20. The first-order chi connectivity index (χ1) is 5.52. The Morgan fingerprint density at radius 1 is 1.08 bits per heavy atom. The molecule has 1 nitrogen and oxygen atoms in total. The first kappa shape index (κ1) is 9.85. The van der Waals surface area contributed by atoms with Gasteiger partial charge in [0.2, 0.25) is 5.78 Å². The van der Waals surface area contributed by atoms with Crippen LogP contribution in [0.5, 0.6) is 0 Å². The van der Waals surface area contributed by atoms with Crippen molar-refractivity contribution in [3.05, 3.63) is 35.9 Å². The molecule has 0 fully saturated rings. The Labute approximate surface area is 85.2 Å². The van der Waals surface area contributed by atoms with E-state index in [2.05, 4.69) is 0 Å². The molecule has 0 radical (unpaired) electrons. The van der Waals surface area contributed by atoms with Gasteiger partial charge in [0.1, 0.15) is 0 Å². The average molecular weight is 223 g/mol. The van der Waals surface area contributed by atoms with Crippen molar-refractivity contribution in [2.75, 3.05) is 0 Å². The monoisotopic (exact) mass is 222 g/mol. The lowest BCUT2D eigenvalue weighted by atomic mass is 10.1. The summed E-state index contributed by atoms with van der Waals surface area (Å²) in [5.74, 6) is -0.506. The molecule has 1 rings (SSSR count). The maximum atomic E-state index is 11.3. The van der Waals surface area contributed by atoms with Crippen molar-refractivity contribution in [1.82, 2.24) is 0 Å². The number of hydrogen-bond acceptors (Lipinski definition) is 1. The van der Waals surface area contributed by atoms with Gasteiger partial charge >= 0.3 is 0 Å². The Hall–Kier alpha value is -0.240. The lowest BCUT2D eigenvalue weighted by molar-refractivity contribution is 0.0996. The van der Waals surface area contributed by atoms with E-state index in [1.165, 1.54) is 0 Å². The summed E-state index contributed by atoms with van der Waals surface area (Å²) in [6, 6.07) is 8.41. The molecule has 12 heavy (non-hydrogen) atoms. The van der Waals surface area contributed by atoms with Gasteiger partial charge in [-0.05, 0) is 0 Å². The van der Waals surface area contributed by atoms with E-state index in [0.717, 1.165) is 0 Å². The number of hydrogen-bond donors (Lipinski definition) is 0. The molecule has 0 N–H and O–H groups in total. The first-order valence-electron chi connectivity index (χ1n) is 3.18. The lowest BCUT2D eigenvalue weighted by Crippen LogP contribution is -2.18. The van der Waals surface area contributed by atoms with Crippen molar-refractivity contribution >= 4 is 40.6 Å². The third-order valence-electron chi connectivity index (χ3n) is 1.29. The van der Waals surface area contributed by atoms with Crippen LogP contribution in [0.1, 0.15) is 10.4 Å². The SMILES string of the molecule is O=C(c1ccccc1)C(Cl)(Cl)Cl. The topological polar surface area (TPSA) is 17.1 Å². The van der Waals surface area contributed by atoms with Gasteiger partial charge in [0.15, 0.2) is 0 Å². The highest BCUT2D eigenvalue weighted by Gasteiger charge is 2.31. The van der Waals surface area contributed by atoms with Gasteiger partial charge in [-0.25, -0.2) is 0 Å². The molecule has 1 aromatic rings. The van der Waals surface area contributed by atoms with Gasteiger partial charge in [0.25, 0.3) is 3.79 Å². The van der Waals surface area contributed by atoms with Crippen LogP contribution in [0.4, 0.5) is 0 Å². The fraction of sp³-hybridized carbons (Fsp3) is 0.125. The number of benzene rings is 1. The minimum absolute atomic E-state index is 0.400. The summed E-state index contributed by atoms with van der Waals surface area (Å²) < 4.78 is -1.86. The van der Waals surface area contributed by atoms with Crippen molar-refractivity contribution in [2.45, 2.75) is 3.79 Å². The number of carbonyl (C=O) groups is 1. The van der Waals surface area contributed by atoms with Crippen LogP contribution in [0, 0.1) is 0 Å². The largest absolute Gasteiger partial charge is 0.289 e. The Morgan fingerprint density at radius 3 is 2.00 bits per heavy atom. The van der Waals surface area contributed by atoms with Crippen molar-refractivity contribution in [3.63, 3.8) is 0 Å². The summed E-state index contributed by atoms with van der Waals surface area (Å²) in [6.07, 6.45) is 0. The Bertz CT molecular complexity index is 276. The van der Waals surface area contributed by atoms with Crippen LogP contribution in [-0.2, 0) is 0 Å². The predicted molar refractivity (Wildman–Crippen MR) is 51.1 cm³/mol. The van der Waals surface area contributed by atoms with Gasteiger partial charge in [-0.1, -0.05) is 65.1 Å². The van der Waals surface area contributed by atoms with E-state index in [1.54, 1.807) is 30.3 Å². The second-order valence-electron chi connectivity index (χ2n) is 2.19. The van der Waals surface area contributed by atoms with Gasteiger partial charge in [0.05, 0.1) is 0 Å². The van der Waals surface area contributed by atoms with Crippen molar-refractivity contribution in [2.24, 2.45) is 0 Å². The second kappa shape index (κ2) is 3.65. The molecule has 0 heterocycles. The molecule has 0 unspecified atom stereocenters. The highest BCUT2D eigenvalue weighted by Crippen LogP contribution is 2.30. The van der Waals surface area contributed by atoms with E-state index in [0.29, 0.717) is 5.56 Å². The zero-order valence-electron chi connectivity index (χ0n) is 5.93. The Balaban J connectivity index is 2.94. The maximum absolute atomic E-state index is 11.3. The summed E-state index contributed by atoms with van der Waals surface area (Å²) >= 11 is 16.2. The van der Waals surface area contributed by atoms with Crippen molar-refractivity contribution < 1.29 is 4.79 Å². The normalized spacial score (nSPS) is 11.2. The van der Waals surface area contributed by atoms with Crippen LogP contribution >= 0.6 is 34.8 Å². The van der Waals surface area contributed by atoms with Gasteiger partial charge in [0, 0.05) is 5.56 Å². The van der Waals surface area contributed by atoms with E-state index in [1.807, 2.05) is 0 Å². The van der Waals surface area contributed by atoms with Crippen molar-refractivity contribution in [3.8, 4) is 0 Å². The van der Waals surface area contributed by atoms with Crippen LogP contribution in [0.25, 0.3) is 0 Å². The third-order valence-corrected chi connectivity index (χ3v) is 1.81. The average Bonchev–Trinajstić information content (AvgIpc) is 2.03. The summed E-state index contributed by atoms with van der Waals surface area (Å²) in [5, 5.41) is 0. The molecule has 0 bridgehead atoms. The van der Waals surface area contributed by atoms with Gasteiger partial charge in [-0.15, -0.1) is 0 Å². The van der Waals surface area contributed by atoms with Crippen LogP contribution < -0.4 is 0 Å². The molecule has 0 aliphatic rings. The molecule has 4 heteroatoms. The minimum Gasteiger partial charge on any atom is -0.289 e. The van der Waals surface area contributed by atoms with Gasteiger partial charge in [-0.3, -0.25) is 4.79 Å². The number of Topliss-reactive ketones (excluding diaryl/α,β-unsaturated/α-hetero) is 1. The Morgan fingerprint density at radius 2 is 1.58 bits per heavy atom. The lowest BCUT2D eigenvalue weighted by Gasteiger charge is -2.08. The molecule has 0 aromatic heterocycles. The Kier molecular flexibility index (Phi) is 2.99. The number of ketones is 1. The summed E-state index contributed by atoms with van der Waals surface area (Å²) in [4.78, 5) is 11.3. The predicted octanol–water partition coefficient (Wildman–Crippen LogP) is 3.24. The molecule has 0 aliphatic heterocycles. The molecule has 0 amide bonds. The first-order valence-corrected chi connectivity index (χ1v) is 4.32. The van der Waals surface area contributed by atoms with Crippen molar-refractivity contribution in [1.29, 1.82) is 0 Å². The highest BCUT2D eigenvalue weighted by atomic mass is 35.6. The summed E-state index contributed by atoms with van der Waals surface area (Å²) in [7, 11) is 0. The van der Waals surface area contributed by atoms with Gasteiger partial charge in [-0.2, -0.15) is 0 Å². The number of alkyl halides is 3. The summed E-state index contributed by atoms with van der Waals surface area (Å²) in [6.45, 7) is 0. The second-order valence-corrected chi connectivity index (χ2v) is 4.47. The molecular weight excluding hydrogens is 218 g/mol. The number of halogens is 3. The molecule has 0 spiro atoms. The third kappa shape index (κ3) is 2.37. The number of rotatable bonds is 1. The minimum atomic E-state index is -1.86. The highest BCUT2D eigenvalue weighted by molar-refractivity contribution is 6.77. The molecule has 0 atom stereocenters. The molecule has 0 saturated heterocycles. The quantitative estimate of drug-likeness (QED) is 0.528. The molecular formula is C8H5Cl3O. The fourth-order valence-corrected chi connectivity index (χ4v) is 1.08. The molecule has 0 saturated carbocycles. The van der Waals surface area contributed by atoms with Gasteiger partial charge < -0.3 is 0 Å². The standard InChI is InChI=1S/C8H5Cl3O/c9-8(10,11)7(12)6-4-2-1-3-5-6/h1-5H. The van der Waals surface area contributed by atoms with Crippen LogP contribution in [0.3, 0.4) is 0 Å². The van der Waals surface area contributed by atoms with E-state index in [-0.39, 0.29) is 0 Å². The fourth-order valence-electron chi connectivity index (χ4n) is 0.753. The number of carbonyl (C=O) groups excluding carboxylic acids is 1. The molecule has 1 aromatic carbocycles. The zero-order chi connectivity index (χ0) is 9.19. The van der Waals surface area contributed by atoms with Crippen LogP contribution in [-0.4, -0.2) is 9.58 Å². The van der Waals surface area contributed by atoms with E-state index >= 15 is 0 Å². The summed E-state index contributed by atoms with van der Waals surface area (Å²) in [5.41, 5.74) is 0.400.